The third-order valence-electron chi connectivity index (χ3n) is 5.68. The first-order valence-corrected chi connectivity index (χ1v) is 9.92. The number of fused-ring (bicyclic) bond motifs is 1. The van der Waals surface area contributed by atoms with Gasteiger partial charge in [-0.3, -0.25) is 9.36 Å². The van der Waals surface area contributed by atoms with Gasteiger partial charge in [0, 0.05) is 6.04 Å². The Kier molecular flexibility index (Phi) is 4.01. The fourth-order valence-electron chi connectivity index (χ4n) is 3.96. The number of nitrogens with zero attached hydrogens (tertiary/aromatic N) is 4. The van der Waals surface area contributed by atoms with Crippen molar-refractivity contribution >= 4 is 11.2 Å². The standard InChI is InChI=1S/C23H22N4O2/c1-15-7-6-10-19(13-15)26-21-20(22(28)27(23(26)29)18-11-12-18)25(14-24-21)16(2)17-8-4-3-5-9-17/h3-10,13-14,16,18H,11-12H2,1-2H3/t16-/m0/s1. The van der Waals surface area contributed by atoms with E-state index in [1.54, 1.807) is 10.9 Å². The molecule has 1 atom stereocenters. The number of rotatable bonds is 4. The van der Waals surface area contributed by atoms with Crippen molar-refractivity contribution in [2.24, 2.45) is 0 Å². The maximum Gasteiger partial charge on any atom is 0.337 e. The molecule has 5 rings (SSSR count). The van der Waals surface area contributed by atoms with Crippen molar-refractivity contribution in [1.82, 2.24) is 18.7 Å². The first kappa shape index (κ1) is 17.7. The first-order chi connectivity index (χ1) is 14.1. The maximum absolute atomic E-state index is 13.4. The fraction of sp³-hybridized carbons (Fsp3) is 0.261. The molecular formula is C23H22N4O2. The SMILES string of the molecule is Cc1cccc(-n2c(=O)n(C3CC3)c(=O)c3c2ncn3[C@@H](C)c2ccccc2)c1. The summed E-state index contributed by atoms with van der Waals surface area (Å²) in [5, 5.41) is 0. The van der Waals surface area contributed by atoms with Crippen molar-refractivity contribution in [3.63, 3.8) is 0 Å². The van der Waals surface area contributed by atoms with Crippen LogP contribution in [0.4, 0.5) is 0 Å². The molecule has 0 aliphatic heterocycles. The molecular weight excluding hydrogens is 364 g/mol. The summed E-state index contributed by atoms with van der Waals surface area (Å²) in [4.78, 5) is 31.2. The van der Waals surface area contributed by atoms with Crippen LogP contribution in [0.1, 0.15) is 43.0 Å². The highest BCUT2D eigenvalue weighted by molar-refractivity contribution is 5.73. The zero-order valence-electron chi connectivity index (χ0n) is 16.4. The molecule has 6 heteroatoms. The van der Waals surface area contributed by atoms with E-state index < -0.39 is 0 Å². The number of hydrogen-bond acceptors (Lipinski definition) is 3. The van der Waals surface area contributed by atoms with Crippen LogP contribution in [0.15, 0.2) is 70.5 Å². The van der Waals surface area contributed by atoms with Crippen LogP contribution in [0.5, 0.6) is 0 Å². The lowest BCUT2D eigenvalue weighted by atomic mass is 10.1. The van der Waals surface area contributed by atoms with Crippen molar-refractivity contribution in [2.45, 2.75) is 38.8 Å². The quantitative estimate of drug-likeness (QED) is 0.538. The van der Waals surface area contributed by atoms with Crippen LogP contribution >= 0.6 is 0 Å². The molecule has 1 saturated carbocycles. The third-order valence-corrected chi connectivity index (χ3v) is 5.68. The Balaban J connectivity index is 1.84. The molecule has 0 radical (unpaired) electrons. The fourth-order valence-corrected chi connectivity index (χ4v) is 3.96. The zero-order chi connectivity index (χ0) is 20.1. The van der Waals surface area contributed by atoms with Crippen LogP contribution in [0.2, 0.25) is 0 Å². The number of aryl methyl sites for hydroxylation is 1. The molecule has 0 unspecified atom stereocenters. The van der Waals surface area contributed by atoms with Gasteiger partial charge in [-0.25, -0.2) is 14.3 Å². The summed E-state index contributed by atoms with van der Waals surface area (Å²) < 4.78 is 4.88. The summed E-state index contributed by atoms with van der Waals surface area (Å²) in [5.41, 5.74) is 3.16. The lowest BCUT2D eigenvalue weighted by Gasteiger charge is -2.16. The van der Waals surface area contributed by atoms with Gasteiger partial charge in [0.05, 0.1) is 18.1 Å². The van der Waals surface area contributed by atoms with Gasteiger partial charge in [-0.15, -0.1) is 0 Å². The summed E-state index contributed by atoms with van der Waals surface area (Å²) in [5.74, 6) is 0. The second kappa shape index (κ2) is 6.58. The van der Waals surface area contributed by atoms with E-state index in [1.807, 2.05) is 73.0 Å². The summed E-state index contributed by atoms with van der Waals surface area (Å²) in [6, 6.07) is 17.6. The zero-order valence-corrected chi connectivity index (χ0v) is 16.4. The average Bonchev–Trinajstić information content (AvgIpc) is 3.46. The Morgan fingerprint density at radius 1 is 1.03 bits per heavy atom. The summed E-state index contributed by atoms with van der Waals surface area (Å²) in [6.07, 6.45) is 3.39. The number of benzene rings is 2. The summed E-state index contributed by atoms with van der Waals surface area (Å²) >= 11 is 0. The van der Waals surface area contributed by atoms with Crippen molar-refractivity contribution in [2.75, 3.05) is 0 Å². The van der Waals surface area contributed by atoms with Crippen LogP contribution in [0.25, 0.3) is 16.9 Å². The monoisotopic (exact) mass is 386 g/mol. The predicted molar refractivity (Wildman–Crippen MR) is 113 cm³/mol. The van der Waals surface area contributed by atoms with Crippen molar-refractivity contribution in [3.8, 4) is 5.69 Å². The van der Waals surface area contributed by atoms with Crippen LogP contribution in [-0.4, -0.2) is 18.7 Å². The van der Waals surface area contributed by atoms with E-state index in [0.29, 0.717) is 11.2 Å². The Hall–Kier alpha value is -3.41. The summed E-state index contributed by atoms with van der Waals surface area (Å²) in [6.45, 7) is 4.03. The molecule has 1 aliphatic rings. The molecule has 0 spiro atoms. The lowest BCUT2D eigenvalue weighted by Crippen LogP contribution is -2.39. The lowest BCUT2D eigenvalue weighted by molar-refractivity contribution is 0.622. The van der Waals surface area contributed by atoms with Crippen LogP contribution < -0.4 is 11.2 Å². The van der Waals surface area contributed by atoms with Crippen molar-refractivity contribution < 1.29 is 0 Å². The van der Waals surface area contributed by atoms with Gasteiger partial charge >= 0.3 is 5.69 Å². The van der Waals surface area contributed by atoms with E-state index in [9.17, 15) is 9.59 Å². The Bertz CT molecular complexity index is 1330. The molecule has 146 valence electrons. The van der Waals surface area contributed by atoms with E-state index >= 15 is 0 Å². The number of hydrogen-bond donors (Lipinski definition) is 0. The van der Waals surface area contributed by atoms with Gasteiger partial charge in [-0.05, 0) is 49.9 Å². The van der Waals surface area contributed by atoms with Crippen LogP contribution in [0.3, 0.4) is 0 Å². The molecule has 0 N–H and O–H groups in total. The van der Waals surface area contributed by atoms with Gasteiger partial charge in [-0.1, -0.05) is 42.5 Å². The van der Waals surface area contributed by atoms with E-state index in [4.69, 9.17) is 0 Å². The molecule has 1 fully saturated rings. The molecule has 2 aromatic heterocycles. The highest BCUT2D eigenvalue weighted by Gasteiger charge is 2.31. The van der Waals surface area contributed by atoms with E-state index in [2.05, 4.69) is 4.98 Å². The normalized spacial score (nSPS) is 15.0. The van der Waals surface area contributed by atoms with Gasteiger partial charge in [0.2, 0.25) is 0 Å². The van der Waals surface area contributed by atoms with Crippen molar-refractivity contribution in [3.05, 3.63) is 92.9 Å². The van der Waals surface area contributed by atoms with Gasteiger partial charge in [-0.2, -0.15) is 0 Å². The summed E-state index contributed by atoms with van der Waals surface area (Å²) in [7, 11) is 0. The topological polar surface area (TPSA) is 61.8 Å². The molecule has 2 heterocycles. The minimum atomic E-state index is -0.312. The third kappa shape index (κ3) is 2.83. The molecule has 0 amide bonds. The molecule has 4 aromatic rings. The Morgan fingerprint density at radius 3 is 2.48 bits per heavy atom. The van der Waals surface area contributed by atoms with E-state index in [1.165, 1.54) is 4.57 Å². The maximum atomic E-state index is 13.4. The van der Waals surface area contributed by atoms with Gasteiger partial charge in [0.1, 0.15) is 0 Å². The highest BCUT2D eigenvalue weighted by Crippen LogP contribution is 2.33. The second-order valence-electron chi connectivity index (χ2n) is 7.77. The largest absolute Gasteiger partial charge is 0.337 e. The second-order valence-corrected chi connectivity index (χ2v) is 7.77. The molecule has 0 bridgehead atoms. The van der Waals surface area contributed by atoms with Crippen molar-refractivity contribution in [1.29, 1.82) is 0 Å². The van der Waals surface area contributed by atoms with E-state index in [-0.39, 0.29) is 23.3 Å². The molecule has 6 nitrogen and oxygen atoms in total. The van der Waals surface area contributed by atoms with E-state index in [0.717, 1.165) is 29.7 Å². The Morgan fingerprint density at radius 2 is 1.79 bits per heavy atom. The predicted octanol–water partition coefficient (Wildman–Crippen LogP) is 3.60. The van der Waals surface area contributed by atoms with Gasteiger partial charge in [0.25, 0.3) is 5.56 Å². The molecule has 29 heavy (non-hydrogen) atoms. The smallest absolute Gasteiger partial charge is 0.317 e. The average molecular weight is 386 g/mol. The molecule has 0 saturated heterocycles. The first-order valence-electron chi connectivity index (χ1n) is 9.92. The minimum absolute atomic E-state index is 0.0224. The number of aromatic nitrogens is 4. The molecule has 2 aromatic carbocycles. The Labute approximate surface area is 167 Å². The van der Waals surface area contributed by atoms with Crippen LogP contribution in [0, 0.1) is 6.92 Å². The minimum Gasteiger partial charge on any atom is -0.317 e. The van der Waals surface area contributed by atoms with Crippen LogP contribution in [-0.2, 0) is 0 Å². The highest BCUT2D eigenvalue weighted by atomic mass is 16.2. The molecule has 1 aliphatic carbocycles. The number of imidazole rings is 1. The van der Waals surface area contributed by atoms with Gasteiger partial charge in [0.15, 0.2) is 11.2 Å². The van der Waals surface area contributed by atoms with Gasteiger partial charge < -0.3 is 4.57 Å².